The summed E-state index contributed by atoms with van der Waals surface area (Å²) in [4.78, 5) is 4.50. The molecule has 1 aromatic heterocycles. The fraction of sp³-hybridized carbons (Fsp3) is 0.235. The Morgan fingerprint density at radius 2 is 1.88 bits per heavy atom. The van der Waals surface area contributed by atoms with Gasteiger partial charge < -0.3 is 14.8 Å². The number of para-hydroxylation sites is 2. The Kier molecular flexibility index (Phi) is 5.03. The summed E-state index contributed by atoms with van der Waals surface area (Å²) in [6.45, 7) is 0.0451. The summed E-state index contributed by atoms with van der Waals surface area (Å²) in [5.41, 5.74) is 1.98. The van der Waals surface area contributed by atoms with E-state index in [4.69, 9.17) is 9.52 Å². The number of sulfonamides is 1. The second-order valence-corrected chi connectivity index (χ2v) is 7.51. The highest BCUT2D eigenvalue weighted by molar-refractivity contribution is 7.89. The first-order valence-electron chi connectivity index (χ1n) is 7.77. The van der Waals surface area contributed by atoms with Crippen LogP contribution in [0.4, 0.5) is 6.01 Å². The third-order valence-electron chi connectivity index (χ3n) is 3.80. The van der Waals surface area contributed by atoms with Crippen molar-refractivity contribution in [2.75, 3.05) is 25.5 Å². The minimum Gasteiger partial charge on any atom is -0.424 e. The zero-order valence-electron chi connectivity index (χ0n) is 13.7. The zero-order valence-corrected chi connectivity index (χ0v) is 14.5. The highest BCUT2D eigenvalue weighted by Gasteiger charge is 2.23. The van der Waals surface area contributed by atoms with Gasteiger partial charge in [0.1, 0.15) is 5.52 Å². The molecule has 0 amide bonds. The minimum atomic E-state index is -3.68. The average Bonchev–Trinajstić information content (AvgIpc) is 3.03. The molecule has 132 valence electrons. The van der Waals surface area contributed by atoms with Gasteiger partial charge in [0.15, 0.2) is 5.58 Å². The zero-order chi connectivity index (χ0) is 17.9. The Bertz CT molecular complexity index is 936. The number of anilines is 1. The predicted octanol–water partition coefficient (Wildman–Crippen LogP) is 2.05. The third kappa shape index (κ3) is 3.65. The van der Waals surface area contributed by atoms with Crippen LogP contribution in [0.1, 0.15) is 5.56 Å². The maximum Gasteiger partial charge on any atom is 0.295 e. The summed E-state index contributed by atoms with van der Waals surface area (Å²) in [5.74, 6) is 0. The van der Waals surface area contributed by atoms with E-state index in [1.54, 1.807) is 24.3 Å². The monoisotopic (exact) mass is 361 g/mol. The van der Waals surface area contributed by atoms with Crippen molar-refractivity contribution in [2.24, 2.45) is 0 Å². The number of hydrogen-bond acceptors (Lipinski definition) is 6. The van der Waals surface area contributed by atoms with Crippen LogP contribution in [0, 0.1) is 0 Å². The summed E-state index contributed by atoms with van der Waals surface area (Å²) in [6, 6.07) is 14.4. The molecule has 0 aliphatic carbocycles. The second-order valence-electron chi connectivity index (χ2n) is 5.50. The van der Waals surface area contributed by atoms with Crippen molar-refractivity contribution in [1.29, 1.82) is 0 Å². The van der Waals surface area contributed by atoms with Gasteiger partial charge in [0.05, 0.1) is 11.5 Å². The second kappa shape index (κ2) is 7.22. The van der Waals surface area contributed by atoms with E-state index in [0.29, 0.717) is 17.2 Å². The molecule has 0 saturated carbocycles. The van der Waals surface area contributed by atoms with Gasteiger partial charge in [-0.05, 0) is 23.8 Å². The van der Waals surface area contributed by atoms with Crippen LogP contribution in [0.5, 0.6) is 0 Å². The SMILES string of the molecule is CN(CCO)S(=O)(=O)c1ccccc1CNc1nc2ccccc2o1. The van der Waals surface area contributed by atoms with Gasteiger partial charge >= 0.3 is 0 Å². The first kappa shape index (κ1) is 17.4. The maximum absolute atomic E-state index is 12.6. The Hall–Kier alpha value is -2.42. The highest BCUT2D eigenvalue weighted by Crippen LogP contribution is 2.22. The van der Waals surface area contributed by atoms with E-state index >= 15 is 0 Å². The molecule has 0 aliphatic rings. The van der Waals surface area contributed by atoms with E-state index in [1.807, 2.05) is 24.3 Å². The van der Waals surface area contributed by atoms with Crippen molar-refractivity contribution in [3.63, 3.8) is 0 Å². The van der Waals surface area contributed by atoms with Crippen LogP contribution in [0.3, 0.4) is 0 Å². The normalized spacial score (nSPS) is 12.0. The molecule has 0 aliphatic heterocycles. The van der Waals surface area contributed by atoms with Crippen LogP contribution >= 0.6 is 0 Å². The third-order valence-corrected chi connectivity index (χ3v) is 5.76. The molecule has 2 N–H and O–H groups in total. The number of hydrogen-bond donors (Lipinski definition) is 2. The molecule has 0 radical (unpaired) electrons. The number of aromatic nitrogens is 1. The Morgan fingerprint density at radius 3 is 2.64 bits per heavy atom. The summed E-state index contributed by atoms with van der Waals surface area (Å²) in [7, 11) is -2.24. The van der Waals surface area contributed by atoms with E-state index in [1.165, 1.54) is 7.05 Å². The smallest absolute Gasteiger partial charge is 0.295 e. The van der Waals surface area contributed by atoms with E-state index < -0.39 is 10.0 Å². The van der Waals surface area contributed by atoms with Crippen LogP contribution < -0.4 is 5.32 Å². The van der Waals surface area contributed by atoms with Crippen molar-refractivity contribution in [3.8, 4) is 0 Å². The number of nitrogens with one attached hydrogen (secondary N) is 1. The summed E-state index contributed by atoms with van der Waals surface area (Å²) in [6.07, 6.45) is 0. The quantitative estimate of drug-likeness (QED) is 0.669. The minimum absolute atomic E-state index is 0.0369. The molecule has 0 spiro atoms. The van der Waals surface area contributed by atoms with E-state index in [2.05, 4.69) is 10.3 Å². The molecule has 2 aromatic carbocycles. The molecule has 25 heavy (non-hydrogen) atoms. The van der Waals surface area contributed by atoms with Gasteiger partial charge in [-0.2, -0.15) is 9.29 Å². The Balaban J connectivity index is 1.83. The molecule has 0 saturated heterocycles. The predicted molar refractivity (Wildman–Crippen MR) is 94.7 cm³/mol. The number of nitrogens with zero attached hydrogens (tertiary/aromatic N) is 2. The van der Waals surface area contributed by atoms with E-state index in [9.17, 15) is 8.42 Å². The summed E-state index contributed by atoms with van der Waals surface area (Å²) >= 11 is 0. The Morgan fingerprint density at radius 1 is 1.16 bits per heavy atom. The van der Waals surface area contributed by atoms with Crippen molar-refractivity contribution >= 4 is 27.1 Å². The lowest BCUT2D eigenvalue weighted by atomic mass is 10.2. The highest BCUT2D eigenvalue weighted by atomic mass is 32.2. The van der Waals surface area contributed by atoms with Crippen molar-refractivity contribution in [3.05, 3.63) is 54.1 Å². The summed E-state index contributed by atoms with van der Waals surface area (Å²) < 4.78 is 32.0. The number of aliphatic hydroxyl groups excluding tert-OH is 1. The van der Waals surface area contributed by atoms with Crippen molar-refractivity contribution in [2.45, 2.75) is 11.4 Å². The fourth-order valence-electron chi connectivity index (χ4n) is 2.45. The number of fused-ring (bicyclic) bond motifs is 1. The lowest BCUT2D eigenvalue weighted by Crippen LogP contribution is -2.30. The van der Waals surface area contributed by atoms with Gasteiger partial charge in [-0.1, -0.05) is 30.3 Å². The first-order chi connectivity index (χ1) is 12.0. The lowest BCUT2D eigenvalue weighted by Gasteiger charge is -2.18. The first-order valence-corrected chi connectivity index (χ1v) is 9.21. The molecule has 0 fully saturated rings. The number of aliphatic hydroxyl groups is 1. The van der Waals surface area contributed by atoms with Gasteiger partial charge in [-0.15, -0.1) is 0 Å². The van der Waals surface area contributed by atoms with Gasteiger partial charge in [-0.3, -0.25) is 0 Å². The van der Waals surface area contributed by atoms with Crippen molar-refractivity contribution < 1.29 is 17.9 Å². The van der Waals surface area contributed by atoms with Gasteiger partial charge in [0, 0.05) is 20.1 Å². The summed E-state index contributed by atoms with van der Waals surface area (Å²) in [5, 5.41) is 12.0. The molecule has 8 heteroatoms. The van der Waals surface area contributed by atoms with Crippen LogP contribution in [-0.2, 0) is 16.6 Å². The molecule has 3 aromatic rings. The fourth-order valence-corrected chi connectivity index (χ4v) is 3.83. The largest absolute Gasteiger partial charge is 0.424 e. The van der Waals surface area contributed by atoms with Crippen LogP contribution in [0.15, 0.2) is 57.8 Å². The van der Waals surface area contributed by atoms with Crippen LogP contribution in [0.2, 0.25) is 0 Å². The van der Waals surface area contributed by atoms with Crippen LogP contribution in [0.25, 0.3) is 11.1 Å². The molecular weight excluding hydrogens is 342 g/mol. The molecule has 1 heterocycles. The molecule has 3 rings (SSSR count). The van der Waals surface area contributed by atoms with Gasteiger partial charge in [-0.25, -0.2) is 8.42 Å². The van der Waals surface area contributed by atoms with E-state index in [0.717, 1.165) is 9.82 Å². The molecular formula is C17H19N3O4S. The standard InChI is InChI=1S/C17H19N3O4S/c1-20(10-11-21)25(22,23)16-9-5-2-6-13(16)12-18-17-19-14-7-3-4-8-15(14)24-17/h2-9,21H,10-12H2,1H3,(H,18,19). The number of rotatable bonds is 7. The number of likely N-dealkylation sites (N-methyl/N-ethyl adjacent to an activating group) is 1. The topological polar surface area (TPSA) is 95.7 Å². The van der Waals surface area contributed by atoms with E-state index in [-0.39, 0.29) is 24.6 Å². The maximum atomic E-state index is 12.6. The molecule has 7 nitrogen and oxygen atoms in total. The van der Waals surface area contributed by atoms with Gasteiger partial charge in [0.2, 0.25) is 10.0 Å². The van der Waals surface area contributed by atoms with Gasteiger partial charge in [0.25, 0.3) is 6.01 Å². The molecule has 0 atom stereocenters. The number of oxazole rings is 1. The number of benzene rings is 2. The molecule has 0 unspecified atom stereocenters. The van der Waals surface area contributed by atoms with Crippen LogP contribution in [-0.4, -0.2) is 43.0 Å². The lowest BCUT2D eigenvalue weighted by molar-refractivity contribution is 0.266. The Labute approximate surface area is 146 Å². The molecule has 0 bridgehead atoms. The van der Waals surface area contributed by atoms with Crippen molar-refractivity contribution in [1.82, 2.24) is 9.29 Å². The average molecular weight is 361 g/mol.